The summed E-state index contributed by atoms with van der Waals surface area (Å²) in [7, 11) is 0.767. The third kappa shape index (κ3) is 4.14. The molecule has 12 heteroatoms. The van der Waals surface area contributed by atoms with Crippen molar-refractivity contribution in [3.05, 3.63) is 61.1 Å². The van der Waals surface area contributed by atoms with Crippen LogP contribution in [0.4, 0.5) is 17.6 Å². The Morgan fingerprint density at radius 2 is 1.79 bits per heavy atom. The summed E-state index contributed by atoms with van der Waals surface area (Å²) in [4.78, 5) is 41.0. The van der Waals surface area contributed by atoms with Gasteiger partial charge < -0.3 is 4.84 Å². The lowest BCUT2D eigenvalue weighted by molar-refractivity contribution is -0.144. The van der Waals surface area contributed by atoms with E-state index in [9.17, 15) is 31.9 Å². The first-order chi connectivity index (χ1) is 12.8. The third-order valence-electron chi connectivity index (χ3n) is 3.42. The van der Waals surface area contributed by atoms with Crippen LogP contribution in [0.15, 0.2) is 32.9 Å². The van der Waals surface area contributed by atoms with Crippen LogP contribution >= 0.6 is 11.6 Å². The van der Waals surface area contributed by atoms with Crippen LogP contribution < -0.4 is 11.2 Å². The Morgan fingerprint density at radius 1 is 1.18 bits per heavy atom. The van der Waals surface area contributed by atoms with Crippen LogP contribution in [0.5, 0.6) is 0 Å². The van der Waals surface area contributed by atoms with Crippen molar-refractivity contribution in [3.8, 4) is 5.69 Å². The van der Waals surface area contributed by atoms with Crippen LogP contribution in [0.3, 0.4) is 0 Å². The molecular weight excluding hydrogens is 410 g/mol. The molecule has 0 aliphatic rings. The molecule has 0 aliphatic carbocycles. The summed E-state index contributed by atoms with van der Waals surface area (Å²) in [5.74, 6) is -2.33. The molecule has 0 unspecified atom stereocenters. The van der Waals surface area contributed by atoms with Gasteiger partial charge in [0.15, 0.2) is 0 Å². The van der Waals surface area contributed by atoms with E-state index in [1.165, 1.54) is 13.8 Å². The molecule has 1 aromatic heterocycles. The zero-order valence-electron chi connectivity index (χ0n) is 14.6. The topological polar surface area (TPSA) is 82.7 Å². The summed E-state index contributed by atoms with van der Waals surface area (Å²) in [5, 5.41) is 3.00. The Bertz CT molecular complexity index is 1100. The first-order valence-electron chi connectivity index (χ1n) is 7.46. The maximum atomic E-state index is 14.3. The number of carbonyl (C=O) groups is 1. The van der Waals surface area contributed by atoms with Crippen molar-refractivity contribution < 1.29 is 27.2 Å². The number of halogens is 5. The van der Waals surface area contributed by atoms with Crippen LogP contribution in [0.25, 0.3) is 5.69 Å². The molecule has 0 N–H and O–H groups in total. The normalized spacial score (nSPS) is 11.3. The minimum absolute atomic E-state index is 0.137. The Balaban J connectivity index is 2.73. The summed E-state index contributed by atoms with van der Waals surface area (Å²) >= 11 is 5.79. The van der Waals surface area contributed by atoms with Crippen LogP contribution in [-0.4, -0.2) is 20.8 Å². The highest BCUT2D eigenvalue weighted by atomic mass is 35.5. The second-order valence-electron chi connectivity index (χ2n) is 5.74. The van der Waals surface area contributed by atoms with Crippen molar-refractivity contribution in [2.45, 2.75) is 20.0 Å². The Morgan fingerprint density at radius 3 is 2.32 bits per heavy atom. The third-order valence-corrected chi connectivity index (χ3v) is 3.73. The highest BCUT2D eigenvalue weighted by Crippen LogP contribution is 2.27. The van der Waals surface area contributed by atoms with E-state index in [0.717, 1.165) is 13.1 Å². The molecule has 0 amide bonds. The molecule has 0 aliphatic heterocycles. The Labute approximate surface area is 159 Å². The number of rotatable bonds is 3. The monoisotopic (exact) mass is 421 g/mol. The van der Waals surface area contributed by atoms with Gasteiger partial charge in [-0.1, -0.05) is 16.8 Å². The maximum absolute atomic E-state index is 14.3. The van der Waals surface area contributed by atoms with Crippen LogP contribution in [-0.2, 0) is 18.1 Å². The molecule has 1 aromatic carbocycles. The van der Waals surface area contributed by atoms with Crippen molar-refractivity contribution in [3.63, 3.8) is 0 Å². The summed E-state index contributed by atoms with van der Waals surface area (Å²) in [5.41, 5.74) is -5.27. The van der Waals surface area contributed by atoms with Gasteiger partial charge in [-0.25, -0.2) is 18.5 Å². The largest absolute Gasteiger partial charge is 0.431 e. The van der Waals surface area contributed by atoms with Gasteiger partial charge in [-0.2, -0.15) is 13.2 Å². The molecule has 150 valence electrons. The standard InChI is InChI=1S/C16H12ClF4N3O4/c1-7(2)22-28-14(26)8-4-11(10(18)5-9(8)17)24-13(25)6-12(16(19,20)21)23(3)15(24)27/h4-6H,1-3H3. The van der Waals surface area contributed by atoms with Crippen molar-refractivity contribution in [1.29, 1.82) is 0 Å². The second-order valence-corrected chi connectivity index (χ2v) is 6.15. The van der Waals surface area contributed by atoms with Gasteiger partial charge in [0.25, 0.3) is 5.56 Å². The average Bonchev–Trinajstić information content (AvgIpc) is 2.56. The molecule has 7 nitrogen and oxygen atoms in total. The summed E-state index contributed by atoms with van der Waals surface area (Å²) in [6, 6.07) is 1.48. The number of nitrogens with zero attached hydrogens (tertiary/aromatic N) is 3. The van der Waals surface area contributed by atoms with E-state index in [1.807, 2.05) is 0 Å². The van der Waals surface area contributed by atoms with Gasteiger partial charge in [0.2, 0.25) is 0 Å². The number of aromatic nitrogens is 2. The first-order valence-corrected chi connectivity index (χ1v) is 7.84. The molecule has 0 atom stereocenters. The van der Waals surface area contributed by atoms with Gasteiger partial charge in [-0.05, 0) is 26.0 Å². The average molecular weight is 422 g/mol. The molecule has 1 heterocycles. The van der Waals surface area contributed by atoms with E-state index in [0.29, 0.717) is 11.8 Å². The van der Waals surface area contributed by atoms with E-state index in [2.05, 4.69) is 9.99 Å². The minimum atomic E-state index is -4.98. The highest BCUT2D eigenvalue weighted by Gasteiger charge is 2.35. The van der Waals surface area contributed by atoms with Crippen molar-refractivity contribution in [2.75, 3.05) is 0 Å². The lowest BCUT2D eigenvalue weighted by atomic mass is 10.2. The summed E-state index contributed by atoms with van der Waals surface area (Å²) in [6.07, 6.45) is -4.98. The maximum Gasteiger partial charge on any atom is 0.431 e. The molecule has 0 saturated carbocycles. The predicted molar refractivity (Wildman–Crippen MR) is 91.4 cm³/mol. The number of hydrogen-bond acceptors (Lipinski definition) is 5. The quantitative estimate of drug-likeness (QED) is 0.330. The van der Waals surface area contributed by atoms with Crippen LogP contribution in [0, 0.1) is 5.82 Å². The predicted octanol–water partition coefficient (Wildman–Crippen LogP) is 2.90. The molecule has 2 aromatic rings. The second kappa shape index (κ2) is 7.58. The molecule has 0 bridgehead atoms. The van der Waals surface area contributed by atoms with Crippen molar-refractivity contribution in [2.24, 2.45) is 12.2 Å². The van der Waals surface area contributed by atoms with E-state index >= 15 is 0 Å². The van der Waals surface area contributed by atoms with E-state index < -0.39 is 51.2 Å². The minimum Gasteiger partial charge on any atom is -0.313 e. The summed E-state index contributed by atoms with van der Waals surface area (Å²) < 4.78 is 53.4. The molecule has 0 saturated heterocycles. The van der Waals surface area contributed by atoms with Gasteiger partial charge in [0.05, 0.1) is 22.0 Å². The molecule has 0 radical (unpaired) electrons. The number of hydrogen-bond donors (Lipinski definition) is 0. The van der Waals surface area contributed by atoms with Gasteiger partial charge in [0, 0.05) is 13.1 Å². The van der Waals surface area contributed by atoms with Crippen LogP contribution in [0.1, 0.15) is 29.9 Å². The zero-order chi connectivity index (χ0) is 21.4. The number of alkyl halides is 3. The Hall–Kier alpha value is -2.95. The van der Waals surface area contributed by atoms with Gasteiger partial charge in [-0.3, -0.25) is 9.36 Å². The fourth-order valence-electron chi connectivity index (χ4n) is 2.17. The van der Waals surface area contributed by atoms with Gasteiger partial charge in [-0.15, -0.1) is 0 Å². The molecule has 2 rings (SSSR count). The fraction of sp³-hybridized carbons (Fsp3) is 0.250. The SMILES string of the molecule is CC(C)=NOC(=O)c1cc(-n2c(=O)cc(C(F)(F)F)n(C)c2=O)c(F)cc1Cl. The number of benzene rings is 1. The summed E-state index contributed by atoms with van der Waals surface area (Å²) in [6.45, 7) is 3.05. The van der Waals surface area contributed by atoms with Gasteiger partial charge >= 0.3 is 17.8 Å². The molecular formula is C16H12ClF4N3O4. The first kappa shape index (κ1) is 21.4. The molecule has 28 heavy (non-hydrogen) atoms. The zero-order valence-corrected chi connectivity index (χ0v) is 15.4. The number of oxime groups is 1. The lowest BCUT2D eigenvalue weighted by Gasteiger charge is -2.15. The van der Waals surface area contributed by atoms with Crippen molar-refractivity contribution in [1.82, 2.24) is 9.13 Å². The molecule has 0 spiro atoms. The molecule has 0 fully saturated rings. The lowest BCUT2D eigenvalue weighted by Crippen LogP contribution is -2.41. The van der Waals surface area contributed by atoms with E-state index in [1.54, 1.807) is 0 Å². The van der Waals surface area contributed by atoms with Gasteiger partial charge in [0.1, 0.15) is 11.5 Å². The smallest absolute Gasteiger partial charge is 0.313 e. The van der Waals surface area contributed by atoms with Crippen LogP contribution in [0.2, 0.25) is 5.02 Å². The van der Waals surface area contributed by atoms with E-state index in [4.69, 9.17) is 11.6 Å². The van der Waals surface area contributed by atoms with E-state index in [-0.39, 0.29) is 15.2 Å². The fourth-order valence-corrected chi connectivity index (χ4v) is 2.39. The van der Waals surface area contributed by atoms with Crippen molar-refractivity contribution >= 4 is 23.3 Å². The number of carbonyl (C=O) groups excluding carboxylic acids is 1. The Kier molecular flexibility index (Phi) is 5.78. The highest BCUT2D eigenvalue weighted by molar-refractivity contribution is 6.33.